The molecule has 1 atom stereocenters. The van der Waals surface area contributed by atoms with Crippen LogP contribution < -0.4 is 5.32 Å². The summed E-state index contributed by atoms with van der Waals surface area (Å²) in [6.07, 6.45) is 10.0. The van der Waals surface area contributed by atoms with Crippen LogP contribution in [0.3, 0.4) is 0 Å². The summed E-state index contributed by atoms with van der Waals surface area (Å²) in [6.45, 7) is 3.72. The zero-order valence-corrected chi connectivity index (χ0v) is 13.2. The molecular formula is C17H28N2O2. The van der Waals surface area contributed by atoms with Gasteiger partial charge in [-0.25, -0.2) is 0 Å². The molecule has 1 N–H and O–H groups in total. The largest absolute Gasteiger partial charge is 0.344 e. The summed E-state index contributed by atoms with van der Waals surface area (Å²) in [5, 5.41) is 3.02. The van der Waals surface area contributed by atoms with E-state index in [-0.39, 0.29) is 17.9 Å². The van der Waals surface area contributed by atoms with Crippen molar-refractivity contribution >= 4 is 11.8 Å². The van der Waals surface area contributed by atoms with Gasteiger partial charge in [-0.1, -0.05) is 32.6 Å². The Morgan fingerprint density at radius 1 is 1.14 bits per heavy atom. The minimum absolute atomic E-state index is 0.0557. The number of hydrogen-bond donors (Lipinski definition) is 1. The summed E-state index contributed by atoms with van der Waals surface area (Å²) in [5.74, 6) is 0.589. The van der Waals surface area contributed by atoms with Crippen molar-refractivity contribution in [3.8, 4) is 0 Å². The summed E-state index contributed by atoms with van der Waals surface area (Å²) >= 11 is 0. The lowest BCUT2D eigenvalue weighted by molar-refractivity contribution is -0.137. The minimum atomic E-state index is -0.260. The number of carbonyl (C=O) groups is 2. The fraction of sp³-hybridized carbons (Fsp3) is 0.882. The topological polar surface area (TPSA) is 49.4 Å². The molecule has 2 amide bonds. The van der Waals surface area contributed by atoms with E-state index in [4.69, 9.17) is 0 Å². The van der Waals surface area contributed by atoms with Crippen LogP contribution in [0.1, 0.15) is 64.7 Å². The van der Waals surface area contributed by atoms with Crippen molar-refractivity contribution in [1.29, 1.82) is 0 Å². The van der Waals surface area contributed by atoms with Gasteiger partial charge in [0.1, 0.15) is 6.04 Å². The molecule has 3 aliphatic rings. The molecule has 0 spiro atoms. The second-order valence-electron chi connectivity index (χ2n) is 7.62. The number of hydrogen-bond acceptors (Lipinski definition) is 2. The van der Waals surface area contributed by atoms with Gasteiger partial charge in [-0.05, 0) is 37.0 Å². The van der Waals surface area contributed by atoms with Crippen LogP contribution in [0.4, 0.5) is 0 Å². The van der Waals surface area contributed by atoms with E-state index in [9.17, 15) is 9.59 Å². The Kier molecular flexibility index (Phi) is 4.23. The van der Waals surface area contributed by atoms with Crippen LogP contribution in [0.2, 0.25) is 0 Å². The van der Waals surface area contributed by atoms with Crippen LogP contribution >= 0.6 is 0 Å². The predicted octanol–water partition coefficient (Wildman–Crippen LogP) is 2.47. The number of amides is 2. The third-order valence-corrected chi connectivity index (χ3v) is 5.76. The zero-order chi connectivity index (χ0) is 14.9. The van der Waals surface area contributed by atoms with Crippen LogP contribution in [-0.4, -0.2) is 35.8 Å². The molecule has 1 heterocycles. The second-order valence-corrected chi connectivity index (χ2v) is 7.62. The van der Waals surface area contributed by atoms with E-state index < -0.39 is 0 Å². The van der Waals surface area contributed by atoms with E-state index in [1.54, 1.807) is 0 Å². The van der Waals surface area contributed by atoms with Gasteiger partial charge in [0.2, 0.25) is 11.8 Å². The normalized spacial score (nSPS) is 30.5. The Morgan fingerprint density at radius 3 is 2.48 bits per heavy atom. The smallest absolute Gasteiger partial charge is 0.245 e. The van der Waals surface area contributed by atoms with E-state index in [0.717, 1.165) is 19.4 Å². The Balaban J connectivity index is 1.71. The summed E-state index contributed by atoms with van der Waals surface area (Å²) in [6, 6.07) is -0.260. The maximum atomic E-state index is 12.9. The fourth-order valence-electron chi connectivity index (χ4n) is 4.19. The van der Waals surface area contributed by atoms with Crippen molar-refractivity contribution in [2.45, 2.75) is 70.8 Å². The highest BCUT2D eigenvalue weighted by Crippen LogP contribution is 2.41. The summed E-state index contributed by atoms with van der Waals surface area (Å²) < 4.78 is 0. The number of nitrogens with one attached hydrogen (secondary N) is 1. The van der Waals surface area contributed by atoms with Crippen LogP contribution in [0.25, 0.3) is 0 Å². The van der Waals surface area contributed by atoms with Gasteiger partial charge in [-0.2, -0.15) is 0 Å². The lowest BCUT2D eigenvalue weighted by Crippen LogP contribution is -2.52. The van der Waals surface area contributed by atoms with Gasteiger partial charge in [0, 0.05) is 19.5 Å². The Labute approximate surface area is 127 Å². The van der Waals surface area contributed by atoms with E-state index in [1.165, 1.54) is 38.5 Å². The molecule has 0 aromatic heterocycles. The molecule has 4 heteroatoms. The number of carbonyl (C=O) groups excluding carboxylic acids is 2. The molecule has 0 aromatic carbocycles. The highest BCUT2D eigenvalue weighted by Gasteiger charge is 2.40. The quantitative estimate of drug-likeness (QED) is 0.868. The van der Waals surface area contributed by atoms with Gasteiger partial charge in [-0.3, -0.25) is 9.59 Å². The maximum absolute atomic E-state index is 12.9. The predicted molar refractivity (Wildman–Crippen MR) is 81.7 cm³/mol. The van der Waals surface area contributed by atoms with Crippen molar-refractivity contribution in [1.82, 2.24) is 10.2 Å². The first kappa shape index (κ1) is 14.9. The average Bonchev–Trinajstić information content (AvgIpc) is 2.60. The summed E-state index contributed by atoms with van der Waals surface area (Å²) in [7, 11) is 0. The minimum Gasteiger partial charge on any atom is -0.344 e. The lowest BCUT2D eigenvalue weighted by Gasteiger charge is -2.43. The molecule has 1 unspecified atom stereocenters. The first-order chi connectivity index (χ1) is 10.1. The van der Waals surface area contributed by atoms with E-state index >= 15 is 0 Å². The molecule has 118 valence electrons. The van der Waals surface area contributed by atoms with Gasteiger partial charge >= 0.3 is 0 Å². The second kappa shape index (κ2) is 5.98. The standard InChI is InChI=1S/C17H28N2O2/c1-17(9-5-10-17)12-19-11-8-14(20)18-15(16(19)21)13-6-3-2-4-7-13/h13,15H,2-12H2,1H3,(H,18,20). The highest BCUT2D eigenvalue weighted by atomic mass is 16.2. The van der Waals surface area contributed by atoms with Gasteiger partial charge < -0.3 is 10.2 Å². The molecule has 0 bridgehead atoms. The first-order valence-electron chi connectivity index (χ1n) is 8.66. The molecule has 4 nitrogen and oxygen atoms in total. The number of rotatable bonds is 3. The molecule has 2 saturated carbocycles. The third kappa shape index (κ3) is 3.24. The Bertz CT molecular complexity index is 411. The van der Waals surface area contributed by atoms with Gasteiger partial charge in [0.15, 0.2) is 0 Å². The summed E-state index contributed by atoms with van der Waals surface area (Å²) in [4.78, 5) is 26.9. The molecule has 1 saturated heterocycles. The third-order valence-electron chi connectivity index (χ3n) is 5.76. The maximum Gasteiger partial charge on any atom is 0.245 e. The van der Waals surface area contributed by atoms with Crippen molar-refractivity contribution in [3.63, 3.8) is 0 Å². The highest BCUT2D eigenvalue weighted by molar-refractivity contribution is 5.90. The molecule has 0 radical (unpaired) electrons. The lowest BCUT2D eigenvalue weighted by atomic mass is 9.70. The van der Waals surface area contributed by atoms with Crippen molar-refractivity contribution in [3.05, 3.63) is 0 Å². The average molecular weight is 292 g/mol. The van der Waals surface area contributed by atoms with Crippen molar-refractivity contribution in [2.24, 2.45) is 11.3 Å². The molecule has 1 aliphatic heterocycles. The van der Waals surface area contributed by atoms with Gasteiger partial charge in [0.05, 0.1) is 0 Å². The first-order valence-corrected chi connectivity index (χ1v) is 8.66. The van der Waals surface area contributed by atoms with Crippen LogP contribution in [-0.2, 0) is 9.59 Å². The van der Waals surface area contributed by atoms with Crippen LogP contribution in [0.15, 0.2) is 0 Å². The Hall–Kier alpha value is -1.06. The van der Waals surface area contributed by atoms with Crippen LogP contribution in [0, 0.1) is 11.3 Å². The van der Waals surface area contributed by atoms with Gasteiger partial charge in [-0.15, -0.1) is 0 Å². The van der Waals surface area contributed by atoms with E-state index in [2.05, 4.69) is 12.2 Å². The monoisotopic (exact) mass is 292 g/mol. The fourth-order valence-corrected chi connectivity index (χ4v) is 4.19. The van der Waals surface area contributed by atoms with Crippen LogP contribution in [0.5, 0.6) is 0 Å². The molecular weight excluding hydrogens is 264 g/mol. The molecule has 0 aromatic rings. The van der Waals surface area contributed by atoms with E-state index in [1.807, 2.05) is 4.90 Å². The van der Waals surface area contributed by atoms with Crippen molar-refractivity contribution in [2.75, 3.05) is 13.1 Å². The Morgan fingerprint density at radius 2 is 1.86 bits per heavy atom. The zero-order valence-electron chi connectivity index (χ0n) is 13.2. The van der Waals surface area contributed by atoms with Crippen molar-refractivity contribution < 1.29 is 9.59 Å². The number of nitrogens with zero attached hydrogens (tertiary/aromatic N) is 1. The summed E-state index contributed by atoms with van der Waals surface area (Å²) in [5.41, 5.74) is 0.292. The SMILES string of the molecule is CC1(CN2CCC(=O)NC(C3CCCCC3)C2=O)CCC1. The van der Waals surface area contributed by atoms with Gasteiger partial charge in [0.25, 0.3) is 0 Å². The van der Waals surface area contributed by atoms with E-state index in [0.29, 0.717) is 24.3 Å². The molecule has 3 rings (SSSR count). The molecule has 3 fully saturated rings. The molecule has 21 heavy (non-hydrogen) atoms. The molecule has 2 aliphatic carbocycles.